The van der Waals surface area contributed by atoms with E-state index in [4.69, 9.17) is 5.73 Å². The fourth-order valence-corrected chi connectivity index (χ4v) is 2.67. The van der Waals surface area contributed by atoms with Crippen LogP contribution in [-0.2, 0) is 0 Å². The number of allylic oxidation sites excluding steroid dienone is 3. The van der Waals surface area contributed by atoms with E-state index in [1.807, 2.05) is 49.4 Å². The van der Waals surface area contributed by atoms with E-state index in [-0.39, 0.29) is 5.78 Å². The lowest BCUT2D eigenvalue weighted by atomic mass is 10.2. The molecule has 0 radical (unpaired) electrons. The predicted octanol–water partition coefficient (Wildman–Crippen LogP) is 4.36. The first-order valence-corrected chi connectivity index (χ1v) is 7.92. The number of carbonyl (C=O) groups is 1. The average molecular weight is 325 g/mol. The molecule has 2 heterocycles. The molecule has 23 heavy (non-hydrogen) atoms. The van der Waals surface area contributed by atoms with Crippen LogP contribution in [0.25, 0.3) is 10.6 Å². The molecule has 0 aliphatic rings. The molecule has 0 fully saturated rings. The number of rotatable bonds is 6. The van der Waals surface area contributed by atoms with Crippen LogP contribution in [0.2, 0.25) is 0 Å². The summed E-state index contributed by atoms with van der Waals surface area (Å²) in [5.74, 6) is 0.765. The maximum atomic E-state index is 11.4. The summed E-state index contributed by atoms with van der Waals surface area (Å²) in [5.41, 5.74) is 7.90. The Balaban J connectivity index is 2.15. The van der Waals surface area contributed by atoms with Gasteiger partial charge in [0.25, 0.3) is 0 Å². The SMILES string of the molecule is C=C(/C=C\C(C)=C/N)Nc1cccc(-c2ccc(C(C)=O)s2)n1. The van der Waals surface area contributed by atoms with Gasteiger partial charge in [-0.25, -0.2) is 4.98 Å². The van der Waals surface area contributed by atoms with E-state index in [0.717, 1.165) is 21.0 Å². The van der Waals surface area contributed by atoms with Crippen molar-refractivity contribution in [3.05, 3.63) is 71.4 Å². The molecule has 2 aromatic heterocycles. The summed E-state index contributed by atoms with van der Waals surface area (Å²) in [6.07, 6.45) is 5.25. The molecule has 2 aromatic rings. The number of thiophene rings is 1. The Labute approximate surface area is 140 Å². The van der Waals surface area contributed by atoms with E-state index >= 15 is 0 Å². The second-order valence-electron chi connectivity index (χ2n) is 5.02. The first kappa shape index (κ1) is 16.7. The Morgan fingerprint density at radius 1 is 1.26 bits per heavy atom. The first-order chi connectivity index (χ1) is 11.0. The zero-order valence-electron chi connectivity index (χ0n) is 13.2. The molecule has 0 aliphatic heterocycles. The van der Waals surface area contributed by atoms with Gasteiger partial charge in [0.05, 0.1) is 15.4 Å². The molecular weight excluding hydrogens is 306 g/mol. The fraction of sp³-hybridized carbons (Fsp3) is 0.111. The summed E-state index contributed by atoms with van der Waals surface area (Å²) in [7, 11) is 0. The smallest absolute Gasteiger partial charge is 0.169 e. The van der Waals surface area contributed by atoms with E-state index in [0.29, 0.717) is 11.5 Å². The molecule has 0 aliphatic carbocycles. The highest BCUT2D eigenvalue weighted by Crippen LogP contribution is 2.27. The first-order valence-electron chi connectivity index (χ1n) is 7.10. The number of hydrogen-bond acceptors (Lipinski definition) is 5. The molecule has 0 bridgehead atoms. The van der Waals surface area contributed by atoms with Gasteiger partial charge in [-0.15, -0.1) is 11.3 Å². The average Bonchev–Trinajstić information content (AvgIpc) is 3.03. The lowest BCUT2D eigenvalue weighted by Gasteiger charge is -2.06. The Morgan fingerprint density at radius 3 is 2.70 bits per heavy atom. The van der Waals surface area contributed by atoms with Gasteiger partial charge < -0.3 is 11.1 Å². The maximum Gasteiger partial charge on any atom is 0.169 e. The van der Waals surface area contributed by atoms with Crippen molar-refractivity contribution in [1.82, 2.24) is 4.98 Å². The molecule has 0 unspecified atom stereocenters. The number of carbonyl (C=O) groups excluding carboxylic acids is 1. The van der Waals surface area contributed by atoms with Crippen LogP contribution >= 0.6 is 11.3 Å². The van der Waals surface area contributed by atoms with Crippen LogP contribution in [-0.4, -0.2) is 10.8 Å². The maximum absolute atomic E-state index is 11.4. The number of Topliss-reactive ketones (excluding diaryl/α,β-unsaturated/α-hetero) is 1. The zero-order chi connectivity index (χ0) is 16.8. The Hall–Kier alpha value is -2.66. The third kappa shape index (κ3) is 4.66. The van der Waals surface area contributed by atoms with Crippen molar-refractivity contribution in [1.29, 1.82) is 0 Å². The topological polar surface area (TPSA) is 68.0 Å². The monoisotopic (exact) mass is 325 g/mol. The Kier molecular flexibility index (Phi) is 5.49. The highest BCUT2D eigenvalue weighted by molar-refractivity contribution is 7.17. The van der Waals surface area contributed by atoms with Crippen LogP contribution in [0.1, 0.15) is 23.5 Å². The van der Waals surface area contributed by atoms with Crippen molar-refractivity contribution < 1.29 is 4.79 Å². The van der Waals surface area contributed by atoms with Crippen LogP contribution in [0.5, 0.6) is 0 Å². The van der Waals surface area contributed by atoms with Gasteiger partial charge in [0.15, 0.2) is 5.78 Å². The van der Waals surface area contributed by atoms with Gasteiger partial charge in [-0.2, -0.15) is 0 Å². The molecule has 0 saturated heterocycles. The minimum atomic E-state index is 0.0670. The Bertz CT molecular complexity index is 787. The van der Waals surface area contributed by atoms with E-state index in [1.54, 1.807) is 6.92 Å². The molecule has 3 N–H and O–H groups in total. The van der Waals surface area contributed by atoms with Crippen molar-refractivity contribution in [2.75, 3.05) is 5.32 Å². The zero-order valence-corrected chi connectivity index (χ0v) is 14.0. The van der Waals surface area contributed by atoms with Crippen molar-refractivity contribution >= 4 is 22.9 Å². The molecule has 0 amide bonds. The number of hydrogen-bond donors (Lipinski definition) is 2. The molecular formula is C18H19N3OS. The third-order valence-corrected chi connectivity index (χ3v) is 4.26. The van der Waals surface area contributed by atoms with E-state index in [2.05, 4.69) is 16.9 Å². The van der Waals surface area contributed by atoms with Gasteiger partial charge in [-0.3, -0.25) is 4.79 Å². The molecule has 118 valence electrons. The molecule has 2 rings (SSSR count). The molecule has 0 spiro atoms. The molecule has 0 saturated carbocycles. The van der Waals surface area contributed by atoms with E-state index < -0.39 is 0 Å². The highest BCUT2D eigenvalue weighted by atomic mass is 32.1. The van der Waals surface area contributed by atoms with Crippen LogP contribution in [0, 0.1) is 0 Å². The molecule has 0 aromatic carbocycles. The van der Waals surface area contributed by atoms with Gasteiger partial charge in [0, 0.05) is 5.70 Å². The number of aromatic nitrogens is 1. The van der Waals surface area contributed by atoms with Gasteiger partial charge in [-0.1, -0.05) is 18.7 Å². The normalized spacial score (nSPS) is 11.7. The quantitative estimate of drug-likeness (QED) is 0.612. The summed E-state index contributed by atoms with van der Waals surface area (Å²) in [5, 5.41) is 3.14. The van der Waals surface area contributed by atoms with Gasteiger partial charge in [0.2, 0.25) is 0 Å². The Morgan fingerprint density at radius 2 is 2.04 bits per heavy atom. The summed E-state index contributed by atoms with van der Waals surface area (Å²) in [6, 6.07) is 9.44. The minimum absolute atomic E-state index is 0.0670. The lowest BCUT2D eigenvalue weighted by Crippen LogP contribution is -1.98. The number of anilines is 1. The van der Waals surface area contributed by atoms with Crippen LogP contribution in [0.4, 0.5) is 5.82 Å². The van der Waals surface area contributed by atoms with Gasteiger partial charge >= 0.3 is 0 Å². The third-order valence-electron chi connectivity index (χ3n) is 3.05. The summed E-state index contributed by atoms with van der Waals surface area (Å²) in [4.78, 5) is 17.6. The number of ketones is 1. The minimum Gasteiger partial charge on any atom is -0.404 e. The molecule has 0 atom stereocenters. The number of pyridine rings is 1. The molecule has 4 nitrogen and oxygen atoms in total. The number of nitrogens with two attached hydrogens (primary N) is 1. The summed E-state index contributed by atoms with van der Waals surface area (Å²) < 4.78 is 0. The van der Waals surface area contributed by atoms with Crippen molar-refractivity contribution in [3.63, 3.8) is 0 Å². The van der Waals surface area contributed by atoms with Gasteiger partial charge in [-0.05, 0) is 56.0 Å². The molecule has 5 heteroatoms. The van der Waals surface area contributed by atoms with Crippen LogP contribution in [0.3, 0.4) is 0 Å². The van der Waals surface area contributed by atoms with Crippen LogP contribution < -0.4 is 11.1 Å². The lowest BCUT2D eigenvalue weighted by molar-refractivity contribution is 0.102. The van der Waals surface area contributed by atoms with Crippen molar-refractivity contribution in [3.8, 4) is 10.6 Å². The van der Waals surface area contributed by atoms with Crippen molar-refractivity contribution in [2.45, 2.75) is 13.8 Å². The van der Waals surface area contributed by atoms with Crippen LogP contribution in [0.15, 0.2) is 66.5 Å². The number of nitrogens with zero attached hydrogens (tertiary/aromatic N) is 1. The second-order valence-corrected chi connectivity index (χ2v) is 6.11. The second kappa shape index (κ2) is 7.56. The van der Waals surface area contributed by atoms with Gasteiger partial charge in [0.1, 0.15) is 5.82 Å². The predicted molar refractivity (Wildman–Crippen MR) is 97.4 cm³/mol. The van der Waals surface area contributed by atoms with Crippen molar-refractivity contribution in [2.24, 2.45) is 5.73 Å². The highest BCUT2D eigenvalue weighted by Gasteiger charge is 2.07. The van der Waals surface area contributed by atoms with E-state index in [1.165, 1.54) is 17.5 Å². The number of nitrogens with one attached hydrogen (secondary N) is 1. The largest absolute Gasteiger partial charge is 0.404 e. The van der Waals surface area contributed by atoms with E-state index in [9.17, 15) is 4.79 Å². The summed E-state index contributed by atoms with van der Waals surface area (Å²) >= 11 is 1.44. The summed E-state index contributed by atoms with van der Waals surface area (Å²) in [6.45, 7) is 7.41. The standard InChI is InChI=1S/C18H19N3OS/c1-12(11-19)7-8-13(2)20-18-6-4-5-15(21-18)17-10-9-16(23-17)14(3)22/h4-11H,2,19H2,1,3H3,(H,20,21)/b8-7-,12-11-. The fourth-order valence-electron chi connectivity index (χ4n) is 1.80.